The maximum Gasteiger partial charge on any atom is 0.317 e. The second-order valence-corrected chi connectivity index (χ2v) is 5.62. The van der Waals surface area contributed by atoms with E-state index in [0.29, 0.717) is 19.6 Å². The molecule has 0 fully saturated rings. The first-order valence-corrected chi connectivity index (χ1v) is 7.77. The van der Waals surface area contributed by atoms with E-state index < -0.39 is 0 Å². The molecule has 1 heterocycles. The summed E-state index contributed by atoms with van der Waals surface area (Å²) in [4.78, 5) is 14.0. The molecule has 4 nitrogen and oxygen atoms in total. The summed E-state index contributed by atoms with van der Waals surface area (Å²) in [5.41, 5.74) is 3.42. The Bertz CT molecular complexity index is 693. The smallest absolute Gasteiger partial charge is 0.317 e. The number of carbonyl (C=O) groups excluding carboxylic acids is 1. The highest BCUT2D eigenvalue weighted by molar-refractivity contribution is 5.76. The van der Waals surface area contributed by atoms with E-state index in [0.717, 1.165) is 17.5 Å². The Kier molecular flexibility index (Phi) is 4.62. The van der Waals surface area contributed by atoms with Crippen molar-refractivity contribution in [1.29, 1.82) is 0 Å². The summed E-state index contributed by atoms with van der Waals surface area (Å²) in [6.45, 7) is 1.86. The van der Waals surface area contributed by atoms with Crippen molar-refractivity contribution in [2.24, 2.45) is 0 Å². The van der Waals surface area contributed by atoms with Crippen LogP contribution in [0.5, 0.6) is 5.75 Å². The highest BCUT2D eigenvalue weighted by Crippen LogP contribution is 2.23. The number of aromatic hydroxyl groups is 1. The van der Waals surface area contributed by atoms with Gasteiger partial charge in [-0.05, 0) is 35.3 Å². The molecule has 4 heteroatoms. The van der Waals surface area contributed by atoms with Gasteiger partial charge in [0.1, 0.15) is 5.75 Å². The lowest BCUT2D eigenvalue weighted by Crippen LogP contribution is -2.41. The van der Waals surface area contributed by atoms with E-state index in [2.05, 4.69) is 11.4 Å². The third-order valence-corrected chi connectivity index (χ3v) is 4.02. The van der Waals surface area contributed by atoms with E-state index in [1.807, 2.05) is 47.4 Å². The number of hydrogen-bond acceptors (Lipinski definition) is 2. The Morgan fingerprint density at radius 1 is 1.09 bits per heavy atom. The average molecular weight is 308 g/mol. The summed E-state index contributed by atoms with van der Waals surface area (Å²) in [6, 6.07) is 17.1. The standard InChI is InChI=1S/C19H20N2O2/c22-18-8-6-16(7-9-18)17-10-12-21(13-11-17)19(23)20-14-15-4-2-1-3-5-15/h1-10,22H,11-14H2,(H,20,23). The van der Waals surface area contributed by atoms with E-state index in [4.69, 9.17) is 0 Å². The van der Waals surface area contributed by atoms with Crippen LogP contribution in [0.1, 0.15) is 17.5 Å². The first-order chi connectivity index (χ1) is 11.2. The lowest BCUT2D eigenvalue weighted by molar-refractivity contribution is 0.202. The van der Waals surface area contributed by atoms with E-state index in [-0.39, 0.29) is 11.8 Å². The number of phenols is 1. The highest BCUT2D eigenvalue weighted by atomic mass is 16.3. The minimum absolute atomic E-state index is 0.0325. The van der Waals surface area contributed by atoms with Gasteiger partial charge in [-0.15, -0.1) is 0 Å². The molecule has 0 atom stereocenters. The van der Waals surface area contributed by atoms with Crippen LogP contribution in [0.4, 0.5) is 4.79 Å². The van der Waals surface area contributed by atoms with Crippen LogP contribution in [0, 0.1) is 0 Å². The molecular weight excluding hydrogens is 288 g/mol. The zero-order chi connectivity index (χ0) is 16.1. The zero-order valence-electron chi connectivity index (χ0n) is 12.9. The van der Waals surface area contributed by atoms with E-state index in [1.165, 1.54) is 5.57 Å². The van der Waals surface area contributed by atoms with Gasteiger partial charge in [-0.3, -0.25) is 0 Å². The maximum absolute atomic E-state index is 12.2. The Morgan fingerprint density at radius 2 is 1.83 bits per heavy atom. The summed E-state index contributed by atoms with van der Waals surface area (Å²) in [5.74, 6) is 0.270. The van der Waals surface area contributed by atoms with Crippen molar-refractivity contribution in [3.05, 3.63) is 71.8 Å². The van der Waals surface area contributed by atoms with Crippen LogP contribution in [0.3, 0.4) is 0 Å². The predicted octanol–water partition coefficient (Wildman–Crippen LogP) is 3.39. The lowest BCUT2D eigenvalue weighted by atomic mass is 9.99. The predicted molar refractivity (Wildman–Crippen MR) is 91.0 cm³/mol. The Balaban J connectivity index is 1.55. The van der Waals surface area contributed by atoms with Crippen molar-refractivity contribution in [3.8, 4) is 5.75 Å². The highest BCUT2D eigenvalue weighted by Gasteiger charge is 2.17. The van der Waals surface area contributed by atoms with Crippen LogP contribution in [0.2, 0.25) is 0 Å². The third-order valence-electron chi connectivity index (χ3n) is 4.02. The molecule has 1 aliphatic rings. The van der Waals surface area contributed by atoms with Crippen LogP contribution in [0.25, 0.3) is 5.57 Å². The molecule has 118 valence electrons. The average Bonchev–Trinajstić information content (AvgIpc) is 2.61. The Labute approximate surface area is 136 Å². The maximum atomic E-state index is 12.2. The molecule has 2 amide bonds. The number of carbonyl (C=O) groups is 1. The van der Waals surface area contributed by atoms with Crippen LogP contribution in [-0.4, -0.2) is 29.1 Å². The van der Waals surface area contributed by atoms with Gasteiger partial charge in [0.2, 0.25) is 0 Å². The molecule has 0 spiro atoms. The molecule has 0 unspecified atom stereocenters. The summed E-state index contributed by atoms with van der Waals surface area (Å²) in [7, 11) is 0. The summed E-state index contributed by atoms with van der Waals surface area (Å²) >= 11 is 0. The number of rotatable bonds is 3. The Hall–Kier alpha value is -2.75. The fourth-order valence-electron chi connectivity index (χ4n) is 2.68. The van der Waals surface area contributed by atoms with Crippen molar-refractivity contribution >= 4 is 11.6 Å². The molecule has 0 bridgehead atoms. The molecule has 0 saturated carbocycles. The molecule has 0 saturated heterocycles. The normalized spacial score (nSPS) is 14.3. The largest absolute Gasteiger partial charge is 0.508 e. The van der Waals surface area contributed by atoms with Crippen molar-refractivity contribution in [2.45, 2.75) is 13.0 Å². The topological polar surface area (TPSA) is 52.6 Å². The molecule has 3 rings (SSSR count). The summed E-state index contributed by atoms with van der Waals surface area (Å²) in [6.07, 6.45) is 2.90. The number of nitrogens with one attached hydrogen (secondary N) is 1. The second-order valence-electron chi connectivity index (χ2n) is 5.62. The van der Waals surface area contributed by atoms with Gasteiger partial charge in [0.25, 0.3) is 0 Å². The SMILES string of the molecule is O=C(NCc1ccccc1)N1CC=C(c2ccc(O)cc2)CC1. The van der Waals surface area contributed by atoms with Gasteiger partial charge in [-0.1, -0.05) is 48.5 Å². The van der Waals surface area contributed by atoms with Gasteiger partial charge in [-0.25, -0.2) is 4.79 Å². The molecule has 2 N–H and O–H groups in total. The Morgan fingerprint density at radius 3 is 2.48 bits per heavy atom. The molecular formula is C19H20N2O2. The van der Waals surface area contributed by atoms with Gasteiger partial charge >= 0.3 is 6.03 Å². The van der Waals surface area contributed by atoms with Crippen LogP contribution >= 0.6 is 0 Å². The van der Waals surface area contributed by atoms with E-state index in [1.54, 1.807) is 12.1 Å². The first-order valence-electron chi connectivity index (χ1n) is 7.77. The van der Waals surface area contributed by atoms with E-state index >= 15 is 0 Å². The quantitative estimate of drug-likeness (QED) is 0.913. The van der Waals surface area contributed by atoms with Crippen molar-refractivity contribution in [3.63, 3.8) is 0 Å². The molecule has 1 aliphatic heterocycles. The number of urea groups is 1. The molecule has 23 heavy (non-hydrogen) atoms. The fourth-order valence-corrected chi connectivity index (χ4v) is 2.68. The van der Waals surface area contributed by atoms with Gasteiger partial charge in [-0.2, -0.15) is 0 Å². The summed E-state index contributed by atoms with van der Waals surface area (Å²) < 4.78 is 0. The number of hydrogen-bond donors (Lipinski definition) is 2. The van der Waals surface area contributed by atoms with Crippen molar-refractivity contribution < 1.29 is 9.90 Å². The van der Waals surface area contributed by atoms with Gasteiger partial charge in [0, 0.05) is 19.6 Å². The molecule has 0 aromatic heterocycles. The molecule has 2 aromatic rings. The fraction of sp³-hybridized carbons (Fsp3) is 0.211. The van der Waals surface area contributed by atoms with Gasteiger partial charge in [0.05, 0.1) is 0 Å². The first kappa shape index (κ1) is 15.2. The molecule has 0 radical (unpaired) electrons. The number of amides is 2. The van der Waals surface area contributed by atoms with Crippen molar-refractivity contribution in [2.75, 3.05) is 13.1 Å². The minimum atomic E-state index is -0.0325. The van der Waals surface area contributed by atoms with Crippen LogP contribution < -0.4 is 5.32 Å². The van der Waals surface area contributed by atoms with Crippen LogP contribution in [-0.2, 0) is 6.54 Å². The number of phenolic OH excluding ortho intramolecular Hbond substituents is 1. The van der Waals surface area contributed by atoms with Crippen molar-refractivity contribution in [1.82, 2.24) is 10.2 Å². The number of nitrogens with zero attached hydrogens (tertiary/aromatic N) is 1. The number of benzene rings is 2. The third kappa shape index (κ3) is 3.92. The monoisotopic (exact) mass is 308 g/mol. The van der Waals surface area contributed by atoms with Gasteiger partial charge in [0.15, 0.2) is 0 Å². The second kappa shape index (κ2) is 7.01. The van der Waals surface area contributed by atoms with E-state index in [9.17, 15) is 9.90 Å². The van der Waals surface area contributed by atoms with Crippen LogP contribution in [0.15, 0.2) is 60.7 Å². The lowest BCUT2D eigenvalue weighted by Gasteiger charge is -2.27. The molecule has 2 aromatic carbocycles. The van der Waals surface area contributed by atoms with Gasteiger partial charge < -0.3 is 15.3 Å². The zero-order valence-corrected chi connectivity index (χ0v) is 12.9. The molecule has 0 aliphatic carbocycles. The minimum Gasteiger partial charge on any atom is -0.508 e. The summed E-state index contributed by atoms with van der Waals surface area (Å²) in [5, 5.41) is 12.3.